The van der Waals surface area contributed by atoms with Gasteiger partial charge in [-0.3, -0.25) is 4.79 Å². The topological polar surface area (TPSA) is 87.0 Å². The van der Waals surface area contributed by atoms with Gasteiger partial charge in [0.2, 0.25) is 5.91 Å². The number of carbonyl (C=O) groups is 1. The highest BCUT2D eigenvalue weighted by molar-refractivity contribution is 7.91. The van der Waals surface area contributed by atoms with E-state index in [1.165, 1.54) is 6.92 Å². The van der Waals surface area contributed by atoms with E-state index in [1.807, 2.05) is 6.07 Å². The number of nitrogens with one attached hydrogen (secondary N) is 1. The van der Waals surface area contributed by atoms with E-state index in [9.17, 15) is 13.2 Å². The zero-order valence-electron chi connectivity index (χ0n) is 8.56. The Balaban J connectivity index is 2.34. The van der Waals surface area contributed by atoms with Crippen LogP contribution < -0.4 is 5.32 Å². The van der Waals surface area contributed by atoms with Crippen LogP contribution in [0.1, 0.15) is 13.3 Å². The van der Waals surface area contributed by atoms with Crippen LogP contribution in [0.25, 0.3) is 0 Å². The zero-order valence-corrected chi connectivity index (χ0v) is 9.38. The summed E-state index contributed by atoms with van der Waals surface area (Å²) >= 11 is 0. The molecule has 0 aromatic heterocycles. The fourth-order valence-electron chi connectivity index (χ4n) is 1.49. The van der Waals surface area contributed by atoms with Crippen molar-refractivity contribution in [3.8, 4) is 6.07 Å². The Bertz CT molecular complexity index is 383. The normalized spacial score (nSPS) is 25.5. The number of nitriles is 1. The van der Waals surface area contributed by atoms with Crippen LogP contribution in [0.2, 0.25) is 0 Å². The van der Waals surface area contributed by atoms with Crippen LogP contribution in [0.3, 0.4) is 0 Å². The van der Waals surface area contributed by atoms with E-state index in [4.69, 9.17) is 5.26 Å². The Hall–Kier alpha value is -1.09. The summed E-state index contributed by atoms with van der Waals surface area (Å²) in [6, 6.07) is 1.83. The minimum atomic E-state index is -2.89. The molecular weight excluding hydrogens is 216 g/mol. The predicted molar refractivity (Wildman–Crippen MR) is 54.5 cm³/mol. The van der Waals surface area contributed by atoms with Crippen molar-refractivity contribution < 1.29 is 13.2 Å². The molecule has 0 radical (unpaired) electrons. The van der Waals surface area contributed by atoms with Gasteiger partial charge in [0.25, 0.3) is 0 Å². The van der Waals surface area contributed by atoms with Gasteiger partial charge in [0.1, 0.15) is 5.92 Å². The molecule has 5 nitrogen and oxygen atoms in total. The van der Waals surface area contributed by atoms with Gasteiger partial charge in [-0.1, -0.05) is 0 Å². The molecule has 1 fully saturated rings. The predicted octanol–water partition coefficient (Wildman–Crippen LogP) is -0.303. The first-order valence-electron chi connectivity index (χ1n) is 4.82. The van der Waals surface area contributed by atoms with Crippen LogP contribution in [-0.4, -0.2) is 32.4 Å². The Labute approximate surface area is 89.4 Å². The molecule has 0 bridgehead atoms. The third-order valence-corrected chi connectivity index (χ3v) is 4.32. The third-order valence-electron chi connectivity index (χ3n) is 2.48. The highest BCUT2D eigenvalue weighted by Crippen LogP contribution is 2.17. The maximum atomic E-state index is 11.2. The van der Waals surface area contributed by atoms with Gasteiger partial charge in [-0.05, 0) is 19.3 Å². The van der Waals surface area contributed by atoms with E-state index < -0.39 is 15.8 Å². The first kappa shape index (κ1) is 12.0. The fraction of sp³-hybridized carbons (Fsp3) is 0.778. The SMILES string of the molecule is CC(C#N)C(=O)NCC1CCS(=O)(=O)C1. The molecular formula is C9H14N2O3S. The number of amides is 1. The largest absolute Gasteiger partial charge is 0.355 e. The molecule has 0 aromatic rings. The summed E-state index contributed by atoms with van der Waals surface area (Å²) in [4.78, 5) is 11.2. The average Bonchev–Trinajstić information content (AvgIpc) is 2.53. The van der Waals surface area contributed by atoms with Gasteiger partial charge >= 0.3 is 0 Å². The van der Waals surface area contributed by atoms with Gasteiger partial charge < -0.3 is 5.32 Å². The van der Waals surface area contributed by atoms with Crippen molar-refractivity contribution in [1.82, 2.24) is 5.32 Å². The first-order valence-corrected chi connectivity index (χ1v) is 6.64. The molecule has 2 atom stereocenters. The summed E-state index contributed by atoms with van der Waals surface area (Å²) in [5, 5.41) is 11.1. The molecule has 0 aromatic carbocycles. The lowest BCUT2D eigenvalue weighted by Crippen LogP contribution is -2.33. The molecule has 1 aliphatic rings. The van der Waals surface area contributed by atoms with Crippen molar-refractivity contribution in [3.63, 3.8) is 0 Å². The van der Waals surface area contributed by atoms with Crippen LogP contribution in [-0.2, 0) is 14.6 Å². The zero-order chi connectivity index (χ0) is 11.5. The van der Waals surface area contributed by atoms with Crippen LogP contribution in [0.5, 0.6) is 0 Å². The van der Waals surface area contributed by atoms with Crippen molar-refractivity contribution in [2.24, 2.45) is 11.8 Å². The molecule has 6 heteroatoms. The molecule has 1 N–H and O–H groups in total. The van der Waals surface area contributed by atoms with Gasteiger partial charge in [-0.15, -0.1) is 0 Å². The molecule has 1 amide bonds. The number of rotatable bonds is 3. The molecule has 2 unspecified atom stereocenters. The second-order valence-corrected chi connectivity index (χ2v) is 6.09. The summed E-state index contributed by atoms with van der Waals surface area (Å²) in [5.41, 5.74) is 0. The van der Waals surface area contributed by atoms with Gasteiger partial charge in [0.05, 0.1) is 17.6 Å². The first-order chi connectivity index (χ1) is 6.94. The van der Waals surface area contributed by atoms with Crippen LogP contribution in [0.4, 0.5) is 0 Å². The smallest absolute Gasteiger partial charge is 0.237 e. The Kier molecular flexibility index (Phi) is 3.69. The second kappa shape index (κ2) is 4.62. The molecule has 0 aliphatic carbocycles. The van der Waals surface area contributed by atoms with E-state index in [-0.39, 0.29) is 23.3 Å². The molecule has 1 rings (SSSR count). The Morgan fingerprint density at radius 3 is 2.80 bits per heavy atom. The lowest BCUT2D eigenvalue weighted by Gasteiger charge is -2.10. The molecule has 1 heterocycles. The van der Waals surface area contributed by atoms with E-state index in [0.29, 0.717) is 13.0 Å². The molecule has 0 spiro atoms. The third kappa shape index (κ3) is 3.51. The highest BCUT2D eigenvalue weighted by Gasteiger charge is 2.28. The highest BCUT2D eigenvalue weighted by atomic mass is 32.2. The fourth-order valence-corrected chi connectivity index (χ4v) is 3.35. The lowest BCUT2D eigenvalue weighted by atomic mass is 10.1. The number of carbonyl (C=O) groups excluding carboxylic acids is 1. The quantitative estimate of drug-likeness (QED) is 0.721. The summed E-state index contributed by atoms with van der Waals surface area (Å²) in [6.45, 7) is 1.87. The summed E-state index contributed by atoms with van der Waals surface area (Å²) in [5.74, 6) is -0.648. The van der Waals surface area contributed by atoms with Gasteiger partial charge in [-0.2, -0.15) is 5.26 Å². The standard InChI is InChI=1S/C9H14N2O3S/c1-7(4-10)9(12)11-5-8-2-3-15(13,14)6-8/h7-8H,2-3,5-6H2,1H3,(H,11,12). The number of hydrogen-bond acceptors (Lipinski definition) is 4. The minimum absolute atomic E-state index is 0.00448. The number of hydrogen-bond donors (Lipinski definition) is 1. The molecule has 1 aliphatic heterocycles. The van der Waals surface area contributed by atoms with Crippen molar-refractivity contribution >= 4 is 15.7 Å². The van der Waals surface area contributed by atoms with Gasteiger partial charge in [-0.25, -0.2) is 8.42 Å². The number of sulfone groups is 1. The van der Waals surface area contributed by atoms with Crippen LogP contribution >= 0.6 is 0 Å². The monoisotopic (exact) mass is 230 g/mol. The second-order valence-electron chi connectivity index (χ2n) is 3.87. The molecule has 0 saturated carbocycles. The van der Waals surface area contributed by atoms with Crippen molar-refractivity contribution in [2.75, 3.05) is 18.1 Å². The average molecular weight is 230 g/mol. The minimum Gasteiger partial charge on any atom is -0.355 e. The Morgan fingerprint density at radius 1 is 1.67 bits per heavy atom. The Morgan fingerprint density at radius 2 is 2.33 bits per heavy atom. The van der Waals surface area contributed by atoms with Crippen molar-refractivity contribution in [1.29, 1.82) is 5.26 Å². The van der Waals surface area contributed by atoms with Gasteiger partial charge in [0.15, 0.2) is 9.84 Å². The van der Waals surface area contributed by atoms with E-state index in [1.54, 1.807) is 0 Å². The van der Waals surface area contributed by atoms with Crippen LogP contribution in [0, 0.1) is 23.2 Å². The lowest BCUT2D eigenvalue weighted by molar-refractivity contribution is -0.123. The maximum Gasteiger partial charge on any atom is 0.237 e. The van der Waals surface area contributed by atoms with E-state index in [0.717, 1.165) is 0 Å². The van der Waals surface area contributed by atoms with Crippen molar-refractivity contribution in [2.45, 2.75) is 13.3 Å². The molecule has 1 saturated heterocycles. The number of nitrogens with zero attached hydrogens (tertiary/aromatic N) is 1. The van der Waals surface area contributed by atoms with E-state index in [2.05, 4.69) is 5.32 Å². The van der Waals surface area contributed by atoms with Crippen molar-refractivity contribution in [3.05, 3.63) is 0 Å². The van der Waals surface area contributed by atoms with Gasteiger partial charge in [0, 0.05) is 6.54 Å². The summed E-state index contributed by atoms with van der Waals surface area (Å²) in [6.07, 6.45) is 0.601. The van der Waals surface area contributed by atoms with Crippen LogP contribution in [0.15, 0.2) is 0 Å². The van der Waals surface area contributed by atoms with E-state index >= 15 is 0 Å². The maximum absolute atomic E-state index is 11.2. The molecule has 15 heavy (non-hydrogen) atoms. The summed E-state index contributed by atoms with van der Waals surface area (Å²) < 4.78 is 22.2. The molecule has 84 valence electrons. The summed E-state index contributed by atoms with van der Waals surface area (Å²) in [7, 11) is -2.89.